The summed E-state index contributed by atoms with van der Waals surface area (Å²) in [5.41, 5.74) is 3.73. The minimum atomic E-state index is -0.178. The van der Waals surface area contributed by atoms with E-state index in [0.717, 1.165) is 41.9 Å². The molecule has 3 N–H and O–H groups in total. The first kappa shape index (κ1) is 19.4. The van der Waals surface area contributed by atoms with Crippen molar-refractivity contribution in [3.8, 4) is 0 Å². The van der Waals surface area contributed by atoms with Crippen molar-refractivity contribution in [2.45, 2.75) is 19.3 Å². The zero-order chi connectivity index (χ0) is 20.2. The van der Waals surface area contributed by atoms with E-state index in [4.69, 9.17) is 16.3 Å². The Kier molecular flexibility index (Phi) is 5.78. The average Bonchev–Trinajstić information content (AvgIpc) is 2.71. The number of ether oxygens (including phenoxy) is 1. The number of benzene rings is 1. The smallest absolute Gasteiger partial charge is 0.250 e. The van der Waals surface area contributed by atoms with Crippen LogP contribution in [0.25, 0.3) is 0 Å². The highest BCUT2D eigenvalue weighted by Crippen LogP contribution is 2.31. The molecule has 7 nitrogen and oxygen atoms in total. The Morgan fingerprint density at radius 1 is 1.38 bits per heavy atom. The fraction of sp³-hybridized carbons (Fsp3) is 0.286. The fourth-order valence-electron chi connectivity index (χ4n) is 3.49. The molecule has 2 aromatic rings. The molecule has 0 radical (unpaired) electrons. The summed E-state index contributed by atoms with van der Waals surface area (Å²) in [4.78, 5) is 20.8. The normalized spacial score (nSPS) is 17.6. The monoisotopic (exact) mass is 411 g/mol. The summed E-state index contributed by atoms with van der Waals surface area (Å²) < 4.78 is 4.93. The molecule has 8 heteroatoms. The van der Waals surface area contributed by atoms with Gasteiger partial charge in [-0.2, -0.15) is 4.98 Å². The molecular formula is C21H22ClN5O2. The van der Waals surface area contributed by atoms with Gasteiger partial charge in [0.2, 0.25) is 11.9 Å². The number of methoxy groups -OCH3 is 1. The third-order valence-corrected chi connectivity index (χ3v) is 5.16. The van der Waals surface area contributed by atoms with Crippen LogP contribution in [-0.2, 0) is 16.0 Å². The number of halogens is 1. The number of nitrogens with one attached hydrogen (secondary N) is 3. The van der Waals surface area contributed by atoms with Crippen molar-refractivity contribution < 1.29 is 9.53 Å². The first-order valence-corrected chi connectivity index (χ1v) is 9.84. The third-order valence-electron chi connectivity index (χ3n) is 4.88. The molecule has 0 spiro atoms. The number of aryl methyl sites for hydroxylation is 1. The molecule has 0 saturated heterocycles. The second-order valence-electron chi connectivity index (χ2n) is 7.07. The third kappa shape index (κ3) is 4.75. The molecule has 2 heterocycles. The molecule has 0 fully saturated rings. The van der Waals surface area contributed by atoms with Crippen molar-refractivity contribution in [1.82, 2.24) is 9.97 Å². The number of aromatic nitrogens is 2. The van der Waals surface area contributed by atoms with Gasteiger partial charge in [-0.25, -0.2) is 4.98 Å². The number of carbonyl (C=O) groups excluding carboxylic acids is 1. The van der Waals surface area contributed by atoms with Crippen LogP contribution in [0.3, 0.4) is 0 Å². The summed E-state index contributed by atoms with van der Waals surface area (Å²) in [7, 11) is 1.50. The molecule has 1 unspecified atom stereocenters. The van der Waals surface area contributed by atoms with Gasteiger partial charge in [0.1, 0.15) is 11.6 Å². The highest BCUT2D eigenvalue weighted by molar-refractivity contribution is 6.32. The highest BCUT2D eigenvalue weighted by Gasteiger charge is 2.17. The molecule has 29 heavy (non-hydrogen) atoms. The van der Waals surface area contributed by atoms with Crippen LogP contribution in [-0.4, -0.2) is 29.6 Å². The number of carbonyl (C=O) groups is 1. The Balaban J connectivity index is 1.71. The maximum absolute atomic E-state index is 12.0. The lowest BCUT2D eigenvalue weighted by Crippen LogP contribution is -2.18. The molecular weight excluding hydrogens is 390 g/mol. The molecule has 1 aromatic carbocycles. The Morgan fingerprint density at radius 3 is 3.14 bits per heavy atom. The number of nitrogens with zero attached hydrogens (tertiary/aromatic N) is 2. The van der Waals surface area contributed by atoms with Crippen LogP contribution in [0.4, 0.5) is 23.1 Å². The molecule has 2 aliphatic rings. The maximum atomic E-state index is 12.0. The quantitative estimate of drug-likeness (QED) is 0.698. The number of hydrogen-bond donors (Lipinski definition) is 3. The lowest BCUT2D eigenvalue weighted by Gasteiger charge is -2.20. The summed E-state index contributed by atoms with van der Waals surface area (Å²) in [5.74, 6) is 1.23. The standard InChI is InChI=1S/C21H22ClN5O2/c1-29-12-19(28)26-18-8-7-16-10-14(18)6-5-13-3-2-4-15(9-13)25-21-23-11-17(22)20(24-16)27-21/h2-4,7-8,10-11,13H,5-6,9,12H2,1H3,(H,26,28)(H2,23,24,25,27). The van der Waals surface area contributed by atoms with Gasteiger partial charge >= 0.3 is 0 Å². The largest absolute Gasteiger partial charge is 0.375 e. The van der Waals surface area contributed by atoms with E-state index in [0.29, 0.717) is 22.7 Å². The van der Waals surface area contributed by atoms with Crippen LogP contribution in [0.15, 0.2) is 48.3 Å². The van der Waals surface area contributed by atoms with Crippen LogP contribution in [0.5, 0.6) is 0 Å². The van der Waals surface area contributed by atoms with Gasteiger partial charge in [-0.1, -0.05) is 23.8 Å². The second-order valence-corrected chi connectivity index (χ2v) is 7.48. The predicted octanol–water partition coefficient (Wildman–Crippen LogP) is 4.28. The topological polar surface area (TPSA) is 88.2 Å². The minimum absolute atomic E-state index is 0.0178. The van der Waals surface area contributed by atoms with E-state index in [2.05, 4.69) is 38.1 Å². The number of allylic oxidation sites excluding steroid dienone is 4. The van der Waals surface area contributed by atoms with E-state index in [1.807, 2.05) is 24.3 Å². The molecule has 150 valence electrons. The van der Waals surface area contributed by atoms with Crippen LogP contribution < -0.4 is 16.0 Å². The summed E-state index contributed by atoms with van der Waals surface area (Å²) >= 11 is 6.29. The lowest BCUT2D eigenvalue weighted by molar-refractivity contribution is -0.119. The van der Waals surface area contributed by atoms with Crippen molar-refractivity contribution in [3.63, 3.8) is 0 Å². The van der Waals surface area contributed by atoms with Crippen molar-refractivity contribution in [3.05, 3.63) is 58.9 Å². The summed E-state index contributed by atoms with van der Waals surface area (Å²) in [6, 6.07) is 5.80. The van der Waals surface area contributed by atoms with Gasteiger partial charge in [0.15, 0.2) is 5.82 Å². The highest BCUT2D eigenvalue weighted by atomic mass is 35.5. The first-order valence-electron chi connectivity index (χ1n) is 9.46. The number of amides is 1. The van der Waals surface area contributed by atoms with E-state index >= 15 is 0 Å². The van der Waals surface area contributed by atoms with E-state index in [9.17, 15) is 4.79 Å². The van der Waals surface area contributed by atoms with Gasteiger partial charge in [0.25, 0.3) is 0 Å². The summed E-state index contributed by atoms with van der Waals surface area (Å²) in [6.07, 6.45) is 10.5. The van der Waals surface area contributed by atoms with E-state index in [-0.39, 0.29) is 12.5 Å². The molecule has 1 aliphatic heterocycles. The SMILES string of the molecule is COCC(=O)Nc1ccc2cc1CCC1C=CC=C(C1)Nc1ncc(Cl)c(n1)N2. The van der Waals surface area contributed by atoms with Crippen LogP contribution in [0, 0.1) is 5.92 Å². The van der Waals surface area contributed by atoms with Gasteiger partial charge in [0.05, 0.1) is 6.20 Å². The molecule has 6 bridgehead atoms. The summed E-state index contributed by atoms with van der Waals surface area (Å²) in [5, 5.41) is 9.92. The number of hydrogen-bond acceptors (Lipinski definition) is 6. The van der Waals surface area contributed by atoms with Gasteiger partial charge in [0, 0.05) is 24.2 Å². The van der Waals surface area contributed by atoms with Crippen molar-refractivity contribution in [2.24, 2.45) is 5.92 Å². The summed E-state index contributed by atoms with van der Waals surface area (Å²) in [6.45, 7) is 0.0178. The molecule has 1 amide bonds. The van der Waals surface area contributed by atoms with E-state index in [1.165, 1.54) is 7.11 Å². The second kappa shape index (κ2) is 8.63. The molecule has 0 saturated carbocycles. The first-order chi connectivity index (χ1) is 14.1. The molecule has 4 rings (SSSR count). The van der Waals surface area contributed by atoms with Gasteiger partial charge in [-0.3, -0.25) is 4.79 Å². The van der Waals surface area contributed by atoms with Gasteiger partial charge < -0.3 is 20.7 Å². The van der Waals surface area contributed by atoms with Crippen molar-refractivity contribution in [1.29, 1.82) is 0 Å². The fourth-order valence-corrected chi connectivity index (χ4v) is 3.63. The molecule has 1 aromatic heterocycles. The average molecular weight is 412 g/mol. The van der Waals surface area contributed by atoms with Crippen LogP contribution >= 0.6 is 11.6 Å². The van der Waals surface area contributed by atoms with E-state index in [1.54, 1.807) is 6.20 Å². The Morgan fingerprint density at radius 2 is 2.28 bits per heavy atom. The minimum Gasteiger partial charge on any atom is -0.375 e. The Hall–Kier alpha value is -2.90. The Bertz CT molecular complexity index is 989. The lowest BCUT2D eigenvalue weighted by atomic mass is 9.91. The maximum Gasteiger partial charge on any atom is 0.250 e. The molecule has 1 aliphatic carbocycles. The molecule has 1 atom stereocenters. The van der Waals surface area contributed by atoms with Crippen LogP contribution in [0.1, 0.15) is 18.4 Å². The predicted molar refractivity (Wildman–Crippen MR) is 115 cm³/mol. The number of rotatable bonds is 3. The van der Waals surface area contributed by atoms with Gasteiger partial charge in [-0.15, -0.1) is 0 Å². The zero-order valence-corrected chi connectivity index (χ0v) is 16.8. The van der Waals surface area contributed by atoms with Crippen LogP contribution in [0.2, 0.25) is 5.02 Å². The number of fused-ring (bicyclic) bond motifs is 6. The Labute approximate surface area is 174 Å². The zero-order valence-electron chi connectivity index (χ0n) is 16.0. The van der Waals surface area contributed by atoms with E-state index < -0.39 is 0 Å². The van der Waals surface area contributed by atoms with Crippen molar-refractivity contribution >= 4 is 40.6 Å². The number of anilines is 4. The van der Waals surface area contributed by atoms with Gasteiger partial charge in [-0.05, 0) is 55.0 Å². The van der Waals surface area contributed by atoms with Crippen molar-refractivity contribution in [2.75, 3.05) is 29.7 Å².